The Morgan fingerprint density at radius 1 is 1.32 bits per heavy atom. The third kappa shape index (κ3) is 4.71. The van der Waals surface area contributed by atoms with E-state index in [1.54, 1.807) is 36.9 Å². The first-order valence-corrected chi connectivity index (χ1v) is 11.2. The van der Waals surface area contributed by atoms with Crippen molar-refractivity contribution in [3.05, 3.63) is 45.7 Å². The molecule has 7 nitrogen and oxygen atoms in total. The maximum absolute atomic E-state index is 13.1. The summed E-state index contributed by atoms with van der Waals surface area (Å²) in [4.78, 5) is 27.4. The molecule has 1 aliphatic heterocycles. The second-order valence-electron chi connectivity index (χ2n) is 8.30. The molecule has 1 unspecified atom stereocenters. The molecule has 31 heavy (non-hydrogen) atoms. The van der Waals surface area contributed by atoms with Gasteiger partial charge in [-0.05, 0) is 63.3 Å². The number of halogens is 1. The molecule has 0 bridgehead atoms. The van der Waals surface area contributed by atoms with E-state index in [0.717, 1.165) is 23.4 Å². The lowest BCUT2D eigenvalue weighted by Crippen LogP contribution is -2.43. The van der Waals surface area contributed by atoms with E-state index in [9.17, 15) is 9.59 Å². The van der Waals surface area contributed by atoms with Crippen molar-refractivity contribution in [3.8, 4) is 5.75 Å². The highest BCUT2D eigenvalue weighted by Gasteiger charge is 2.34. The Hall–Kier alpha value is -2.54. The summed E-state index contributed by atoms with van der Waals surface area (Å²) in [6.45, 7) is 7.43. The quantitative estimate of drug-likeness (QED) is 0.606. The Labute approximate surface area is 187 Å². The van der Waals surface area contributed by atoms with E-state index in [1.807, 2.05) is 11.6 Å². The molecule has 0 radical (unpaired) electrons. The van der Waals surface area contributed by atoms with Crippen molar-refractivity contribution in [2.24, 2.45) is 5.92 Å². The number of hydrogen-bond donors (Lipinski definition) is 0. The fraction of sp³-hybridized carbons (Fsp3) is 0.522. The van der Waals surface area contributed by atoms with Gasteiger partial charge in [-0.2, -0.15) is 5.10 Å². The molecular weight excluding hydrogens is 418 g/mol. The maximum Gasteiger partial charge on any atom is 0.359 e. The van der Waals surface area contributed by atoms with Crippen LogP contribution in [-0.2, 0) is 29.0 Å². The number of hydrogen-bond acceptors (Lipinski definition) is 5. The highest BCUT2D eigenvalue weighted by Crippen LogP contribution is 2.33. The number of rotatable bonds is 7. The summed E-state index contributed by atoms with van der Waals surface area (Å²) >= 11 is 6.01. The molecule has 4 rings (SSSR count). The first-order valence-electron chi connectivity index (χ1n) is 10.8. The number of carbonyl (C=O) groups excluding carboxylic acids is 2. The average molecular weight is 446 g/mol. The number of ether oxygens (including phenoxy) is 2. The minimum Gasteiger partial charge on any atom is -0.481 e. The Morgan fingerprint density at radius 2 is 2.10 bits per heavy atom. The van der Waals surface area contributed by atoms with Gasteiger partial charge in [0.05, 0.1) is 13.2 Å². The van der Waals surface area contributed by atoms with Crippen LogP contribution < -0.4 is 4.74 Å². The number of esters is 1. The third-order valence-electron chi connectivity index (χ3n) is 5.83. The predicted octanol–water partition coefficient (Wildman–Crippen LogP) is 3.78. The molecule has 0 N–H and O–H groups in total. The Kier molecular flexibility index (Phi) is 6.23. The van der Waals surface area contributed by atoms with E-state index in [0.29, 0.717) is 41.9 Å². The number of amides is 1. The number of aryl methyl sites for hydroxylation is 1. The van der Waals surface area contributed by atoms with Crippen molar-refractivity contribution in [2.45, 2.75) is 59.2 Å². The number of carbonyl (C=O) groups is 2. The number of benzene rings is 1. The lowest BCUT2D eigenvalue weighted by atomic mass is 10.0. The number of aromatic nitrogens is 2. The van der Waals surface area contributed by atoms with Crippen LogP contribution in [0.1, 0.15) is 54.0 Å². The summed E-state index contributed by atoms with van der Waals surface area (Å²) in [5.74, 6) is 0.718. The van der Waals surface area contributed by atoms with Gasteiger partial charge >= 0.3 is 5.97 Å². The summed E-state index contributed by atoms with van der Waals surface area (Å²) in [6.07, 6.45) is 2.40. The first kappa shape index (κ1) is 21.7. The smallest absolute Gasteiger partial charge is 0.359 e. The molecule has 1 fully saturated rings. The van der Waals surface area contributed by atoms with Crippen LogP contribution in [0.15, 0.2) is 18.2 Å². The van der Waals surface area contributed by atoms with Gasteiger partial charge in [0.15, 0.2) is 11.8 Å². The van der Waals surface area contributed by atoms with Crippen LogP contribution in [0.4, 0.5) is 0 Å². The molecule has 1 aliphatic carbocycles. The fourth-order valence-electron chi connectivity index (χ4n) is 3.98. The van der Waals surface area contributed by atoms with Crippen LogP contribution in [-0.4, -0.2) is 45.8 Å². The summed E-state index contributed by atoms with van der Waals surface area (Å²) in [6, 6.07) is 5.33. The zero-order valence-corrected chi connectivity index (χ0v) is 18.9. The third-order valence-corrected chi connectivity index (χ3v) is 6.07. The van der Waals surface area contributed by atoms with Crippen LogP contribution in [0.2, 0.25) is 5.02 Å². The van der Waals surface area contributed by atoms with E-state index in [2.05, 4.69) is 5.10 Å². The van der Waals surface area contributed by atoms with Gasteiger partial charge < -0.3 is 14.4 Å². The zero-order chi connectivity index (χ0) is 22.1. The molecule has 1 amide bonds. The van der Waals surface area contributed by atoms with Gasteiger partial charge in [-0.25, -0.2) is 4.79 Å². The summed E-state index contributed by atoms with van der Waals surface area (Å²) in [5.41, 5.74) is 3.05. The van der Waals surface area contributed by atoms with Gasteiger partial charge in [-0.15, -0.1) is 0 Å². The van der Waals surface area contributed by atoms with E-state index >= 15 is 0 Å². The molecule has 2 aromatic rings. The average Bonchev–Trinajstić information content (AvgIpc) is 3.49. The Bertz CT molecular complexity index is 999. The van der Waals surface area contributed by atoms with Crippen molar-refractivity contribution in [1.82, 2.24) is 14.7 Å². The summed E-state index contributed by atoms with van der Waals surface area (Å²) in [5, 5.41) is 5.20. The molecule has 2 aliphatic rings. The SMILES string of the molecule is CCOC(=O)c1nn(CC2CC2)c2c1CN(C(=O)C(C)Oc1ccc(Cl)cc1C)CC2. The largest absolute Gasteiger partial charge is 0.481 e. The summed E-state index contributed by atoms with van der Waals surface area (Å²) in [7, 11) is 0. The molecule has 0 spiro atoms. The Balaban J connectivity index is 1.52. The molecule has 166 valence electrons. The van der Waals surface area contributed by atoms with Crippen LogP contribution in [0, 0.1) is 12.8 Å². The van der Waals surface area contributed by atoms with Gasteiger partial charge in [0, 0.05) is 35.8 Å². The number of fused-ring (bicyclic) bond motifs is 1. The van der Waals surface area contributed by atoms with Gasteiger partial charge in [0.2, 0.25) is 0 Å². The van der Waals surface area contributed by atoms with Gasteiger partial charge in [-0.1, -0.05) is 11.6 Å². The topological polar surface area (TPSA) is 73.7 Å². The molecule has 2 heterocycles. The van der Waals surface area contributed by atoms with Crippen LogP contribution in [0.3, 0.4) is 0 Å². The lowest BCUT2D eigenvalue weighted by Gasteiger charge is -2.30. The second kappa shape index (κ2) is 8.91. The fourth-order valence-corrected chi connectivity index (χ4v) is 4.21. The molecular formula is C23H28ClN3O4. The molecule has 0 saturated heterocycles. The van der Waals surface area contributed by atoms with Crippen LogP contribution in [0.5, 0.6) is 5.75 Å². The molecule has 1 aromatic heterocycles. The maximum atomic E-state index is 13.1. The van der Waals surface area contributed by atoms with Crippen molar-refractivity contribution < 1.29 is 19.1 Å². The molecule has 1 atom stereocenters. The van der Waals surface area contributed by atoms with Gasteiger partial charge in [0.25, 0.3) is 5.91 Å². The van der Waals surface area contributed by atoms with E-state index in [1.165, 1.54) is 12.8 Å². The normalized spacial score (nSPS) is 16.6. The van der Waals surface area contributed by atoms with E-state index in [4.69, 9.17) is 21.1 Å². The number of nitrogens with zero attached hydrogens (tertiary/aromatic N) is 3. The monoisotopic (exact) mass is 445 g/mol. The molecule has 1 saturated carbocycles. The van der Waals surface area contributed by atoms with Gasteiger partial charge in [-0.3, -0.25) is 9.48 Å². The zero-order valence-electron chi connectivity index (χ0n) is 18.2. The van der Waals surface area contributed by atoms with Gasteiger partial charge in [0.1, 0.15) is 5.75 Å². The van der Waals surface area contributed by atoms with Crippen molar-refractivity contribution in [1.29, 1.82) is 0 Å². The van der Waals surface area contributed by atoms with Crippen LogP contribution in [0.25, 0.3) is 0 Å². The molecule has 1 aromatic carbocycles. The van der Waals surface area contributed by atoms with Crippen LogP contribution >= 0.6 is 11.6 Å². The van der Waals surface area contributed by atoms with E-state index in [-0.39, 0.29) is 12.5 Å². The second-order valence-corrected chi connectivity index (χ2v) is 8.74. The van der Waals surface area contributed by atoms with Crippen molar-refractivity contribution in [2.75, 3.05) is 13.2 Å². The Morgan fingerprint density at radius 3 is 2.77 bits per heavy atom. The minimum absolute atomic E-state index is 0.121. The summed E-state index contributed by atoms with van der Waals surface area (Å²) < 4.78 is 13.1. The van der Waals surface area contributed by atoms with Crippen molar-refractivity contribution >= 4 is 23.5 Å². The lowest BCUT2D eigenvalue weighted by molar-refractivity contribution is -0.139. The standard InChI is InChI=1S/C23H28ClN3O4/c1-4-30-23(29)21-18-13-26(10-9-19(18)27(25-21)12-16-5-6-16)22(28)15(3)31-20-8-7-17(24)11-14(20)2/h7-8,11,15-16H,4-6,9-10,12-13H2,1-3H3. The highest BCUT2D eigenvalue weighted by molar-refractivity contribution is 6.30. The molecule has 8 heteroatoms. The minimum atomic E-state index is -0.658. The predicted molar refractivity (Wildman–Crippen MR) is 116 cm³/mol. The highest BCUT2D eigenvalue weighted by atomic mass is 35.5. The van der Waals surface area contributed by atoms with E-state index < -0.39 is 12.1 Å². The van der Waals surface area contributed by atoms with Crippen molar-refractivity contribution in [3.63, 3.8) is 0 Å². The first-order chi connectivity index (χ1) is 14.9.